The Bertz CT molecular complexity index is 178. The Kier molecular flexibility index (Phi) is 2.92. The highest BCUT2D eigenvalue weighted by Crippen LogP contribution is 2.39. The highest BCUT2D eigenvalue weighted by atomic mass is 31.2. The molecule has 0 aliphatic carbocycles. The summed E-state index contributed by atoms with van der Waals surface area (Å²) in [5, 5.41) is 19.1. The second-order valence-electron chi connectivity index (χ2n) is 2.42. The van der Waals surface area contributed by atoms with Gasteiger partial charge in [-0.05, 0) is 0 Å². The number of rotatable bonds is 2. The van der Waals surface area contributed by atoms with Gasteiger partial charge in [-0.25, -0.2) is 0 Å². The van der Waals surface area contributed by atoms with Crippen molar-refractivity contribution in [3.8, 4) is 0 Å². The highest BCUT2D eigenvalue weighted by Gasteiger charge is 2.48. The van der Waals surface area contributed by atoms with Crippen molar-refractivity contribution in [2.24, 2.45) is 0 Å². The van der Waals surface area contributed by atoms with Crippen LogP contribution in [0.5, 0.6) is 0 Å². The maximum absolute atomic E-state index is 10.4. The second kappa shape index (κ2) is 3.59. The largest absolute Gasteiger partial charge is 0.389 e. The van der Waals surface area contributed by atoms with Gasteiger partial charge in [-0.2, -0.15) is 0 Å². The molecule has 0 radical (unpaired) electrons. The van der Waals surface area contributed by atoms with Gasteiger partial charge in [0.15, 0.2) is 0 Å². The van der Waals surface area contributed by atoms with E-state index in [2.05, 4.69) is 9.05 Å². The van der Waals surface area contributed by atoms with Gasteiger partial charge in [0.05, 0.1) is 0 Å². The first-order valence-corrected chi connectivity index (χ1v) is 4.24. The lowest BCUT2D eigenvalue weighted by atomic mass is 10.1. The third-order valence-corrected chi connectivity index (χ3v) is 2.27. The van der Waals surface area contributed by atoms with Crippen LogP contribution in [0, 0.1) is 10.1 Å². The third kappa shape index (κ3) is 1.70. The monoisotopic (exact) mass is 197 g/mol. The molecule has 0 aromatic rings. The summed E-state index contributed by atoms with van der Waals surface area (Å²) >= 11 is 0. The van der Waals surface area contributed by atoms with E-state index in [1.165, 1.54) is 0 Å². The molecule has 1 rings (SSSR count). The first-order chi connectivity index (χ1) is 5.60. The number of hydrogen-bond donors (Lipinski definition) is 2. The Morgan fingerprint density at radius 3 is 2.42 bits per heavy atom. The van der Waals surface area contributed by atoms with Crippen LogP contribution in [0.4, 0.5) is 0 Å². The molecule has 1 aliphatic heterocycles. The molecule has 1 aliphatic rings. The van der Waals surface area contributed by atoms with Gasteiger partial charge in [0.2, 0.25) is 0 Å². The van der Waals surface area contributed by atoms with Gasteiger partial charge in [-0.3, -0.25) is 10.1 Å². The van der Waals surface area contributed by atoms with Crippen LogP contribution < -0.4 is 0 Å². The van der Waals surface area contributed by atoms with Crippen molar-refractivity contribution in [3.63, 3.8) is 0 Å². The van der Waals surface area contributed by atoms with E-state index in [1.54, 1.807) is 0 Å². The molecule has 7 nitrogen and oxygen atoms in total. The van der Waals surface area contributed by atoms with Gasteiger partial charge in [0.1, 0.15) is 19.8 Å². The zero-order chi connectivity index (χ0) is 9.19. The molecule has 1 saturated heterocycles. The van der Waals surface area contributed by atoms with Gasteiger partial charge in [0, 0.05) is 4.92 Å². The van der Waals surface area contributed by atoms with Crippen LogP contribution >= 0.6 is 8.60 Å². The van der Waals surface area contributed by atoms with Crippen LogP contribution in [0.2, 0.25) is 0 Å². The zero-order valence-electron chi connectivity index (χ0n) is 6.04. The van der Waals surface area contributed by atoms with Crippen LogP contribution in [0.15, 0.2) is 0 Å². The van der Waals surface area contributed by atoms with Crippen molar-refractivity contribution in [3.05, 3.63) is 10.1 Å². The summed E-state index contributed by atoms with van der Waals surface area (Å²) in [6.07, 6.45) is 0. The molecule has 0 aromatic carbocycles. The number of nitrogens with zero attached hydrogens (tertiary/aromatic N) is 1. The van der Waals surface area contributed by atoms with E-state index in [-0.39, 0.29) is 13.2 Å². The van der Waals surface area contributed by atoms with Crippen LogP contribution in [0.3, 0.4) is 0 Å². The lowest BCUT2D eigenvalue weighted by Gasteiger charge is -2.28. The fourth-order valence-electron chi connectivity index (χ4n) is 0.684. The Morgan fingerprint density at radius 2 is 2.08 bits per heavy atom. The molecule has 0 atom stereocenters. The van der Waals surface area contributed by atoms with Gasteiger partial charge in [-0.1, -0.05) is 0 Å². The SMILES string of the molecule is O=[N+]([O-])C1(CO)COP(O)OC1. The molecule has 1 fully saturated rings. The maximum Gasteiger partial charge on any atom is 0.330 e. The molecule has 2 N–H and O–H groups in total. The molecule has 1 heterocycles. The van der Waals surface area contributed by atoms with Crippen LogP contribution in [-0.4, -0.2) is 40.3 Å². The van der Waals surface area contributed by atoms with E-state index >= 15 is 0 Å². The van der Waals surface area contributed by atoms with E-state index in [9.17, 15) is 10.1 Å². The molecular formula is C4H8NO6P. The Labute approximate surface area is 69.1 Å². The van der Waals surface area contributed by atoms with Gasteiger partial charge >= 0.3 is 8.60 Å². The average Bonchev–Trinajstić information content (AvgIpc) is 2.06. The Hall–Kier alpha value is -0.330. The molecule has 0 saturated carbocycles. The fraction of sp³-hybridized carbons (Fsp3) is 1.00. The molecule has 0 unspecified atom stereocenters. The molecular weight excluding hydrogens is 189 g/mol. The molecule has 12 heavy (non-hydrogen) atoms. The Morgan fingerprint density at radius 1 is 1.58 bits per heavy atom. The van der Waals surface area contributed by atoms with Gasteiger partial charge in [0.25, 0.3) is 5.54 Å². The van der Waals surface area contributed by atoms with Gasteiger partial charge in [-0.15, -0.1) is 0 Å². The highest BCUT2D eigenvalue weighted by molar-refractivity contribution is 7.40. The molecule has 70 valence electrons. The molecule has 0 aromatic heterocycles. The summed E-state index contributed by atoms with van der Waals surface area (Å²) in [5.74, 6) is 0. The lowest BCUT2D eigenvalue weighted by molar-refractivity contribution is -0.581. The summed E-state index contributed by atoms with van der Waals surface area (Å²) in [6, 6.07) is 0. The summed E-state index contributed by atoms with van der Waals surface area (Å²) in [5.41, 5.74) is -1.61. The predicted octanol–water partition coefficient (Wildman–Crippen LogP) is -0.740. The van der Waals surface area contributed by atoms with Crippen molar-refractivity contribution >= 4 is 8.60 Å². The first kappa shape index (κ1) is 9.76. The number of aliphatic hydroxyl groups excluding tert-OH is 1. The zero-order valence-corrected chi connectivity index (χ0v) is 6.94. The van der Waals surface area contributed by atoms with E-state index in [4.69, 9.17) is 10.00 Å². The van der Waals surface area contributed by atoms with Crippen molar-refractivity contribution in [2.45, 2.75) is 5.54 Å². The summed E-state index contributed by atoms with van der Waals surface area (Å²) in [6.45, 7) is -1.30. The number of aliphatic hydroxyl groups is 1. The predicted molar refractivity (Wildman–Crippen MR) is 37.9 cm³/mol. The summed E-state index contributed by atoms with van der Waals surface area (Å²) in [4.78, 5) is 18.5. The van der Waals surface area contributed by atoms with Crippen LogP contribution in [0.1, 0.15) is 0 Å². The third-order valence-electron chi connectivity index (χ3n) is 1.57. The molecule has 0 bridgehead atoms. The minimum absolute atomic E-state index is 0.321. The fourth-order valence-corrected chi connectivity index (χ4v) is 1.46. The Balaban J connectivity index is 2.63. The van der Waals surface area contributed by atoms with Crippen molar-refractivity contribution in [2.75, 3.05) is 19.8 Å². The molecule has 8 heteroatoms. The average molecular weight is 197 g/mol. The van der Waals surface area contributed by atoms with E-state index in [0.717, 1.165) is 0 Å². The van der Waals surface area contributed by atoms with Crippen LogP contribution in [-0.2, 0) is 9.05 Å². The van der Waals surface area contributed by atoms with E-state index < -0.39 is 25.7 Å². The quantitative estimate of drug-likeness (QED) is 0.343. The normalized spacial score (nSPS) is 36.3. The molecule has 0 spiro atoms. The first-order valence-electron chi connectivity index (χ1n) is 3.11. The number of nitro groups is 1. The van der Waals surface area contributed by atoms with E-state index in [1.807, 2.05) is 0 Å². The van der Waals surface area contributed by atoms with Crippen molar-refractivity contribution < 1.29 is 24.0 Å². The van der Waals surface area contributed by atoms with E-state index in [0.29, 0.717) is 0 Å². The van der Waals surface area contributed by atoms with Crippen LogP contribution in [0.25, 0.3) is 0 Å². The standard InChI is InChI=1S/C4H8NO6P/c6-1-4(5(7)8)2-10-12(9)11-3-4/h6,9H,1-3H2. The number of hydrogen-bond acceptors (Lipinski definition) is 6. The second-order valence-corrected chi connectivity index (χ2v) is 3.42. The topological polar surface area (TPSA) is 102 Å². The maximum atomic E-state index is 10.4. The van der Waals surface area contributed by atoms with Crippen molar-refractivity contribution in [1.82, 2.24) is 0 Å². The smallest absolute Gasteiger partial charge is 0.330 e. The van der Waals surface area contributed by atoms with Crippen molar-refractivity contribution in [1.29, 1.82) is 0 Å². The summed E-state index contributed by atoms with van der Waals surface area (Å²) < 4.78 is 9.08. The minimum atomic E-state index is -2.00. The lowest BCUT2D eigenvalue weighted by Crippen LogP contribution is -2.52. The summed E-state index contributed by atoms with van der Waals surface area (Å²) in [7, 11) is -2.00. The van der Waals surface area contributed by atoms with Gasteiger partial charge < -0.3 is 19.0 Å². The minimum Gasteiger partial charge on any atom is -0.389 e. The molecule has 0 amide bonds.